The summed E-state index contributed by atoms with van der Waals surface area (Å²) in [7, 11) is -3.75. The van der Waals surface area contributed by atoms with Crippen LogP contribution < -0.4 is 9.62 Å². The van der Waals surface area contributed by atoms with E-state index in [2.05, 4.69) is 5.32 Å². The summed E-state index contributed by atoms with van der Waals surface area (Å²) in [6, 6.07) is 12.4. The topological polar surface area (TPSA) is 86.8 Å². The van der Waals surface area contributed by atoms with Crippen molar-refractivity contribution in [2.24, 2.45) is 0 Å². The highest BCUT2D eigenvalue weighted by Gasteiger charge is 2.32. The Labute approximate surface area is 210 Å². The molecular weight excluding hydrogens is 462 g/mol. The summed E-state index contributed by atoms with van der Waals surface area (Å²) in [4.78, 5) is 28.4. The molecule has 2 rings (SSSR count). The number of nitrogens with zero attached hydrogens (tertiary/aromatic N) is 2. The number of carbonyl (C=O) groups is 2. The fourth-order valence-electron chi connectivity index (χ4n) is 4.08. The van der Waals surface area contributed by atoms with Crippen molar-refractivity contribution < 1.29 is 18.0 Å². The van der Waals surface area contributed by atoms with Gasteiger partial charge in [-0.3, -0.25) is 13.9 Å². The van der Waals surface area contributed by atoms with Crippen LogP contribution in [0.1, 0.15) is 55.9 Å². The molecule has 0 aliphatic rings. The molecule has 0 aliphatic heterocycles. The lowest BCUT2D eigenvalue weighted by atomic mass is 10.1. The van der Waals surface area contributed by atoms with E-state index in [-0.39, 0.29) is 25.0 Å². The van der Waals surface area contributed by atoms with Crippen molar-refractivity contribution in [3.63, 3.8) is 0 Å². The molecule has 2 amide bonds. The summed E-state index contributed by atoms with van der Waals surface area (Å²) in [5.74, 6) is -0.664. The molecule has 8 heteroatoms. The van der Waals surface area contributed by atoms with Crippen molar-refractivity contribution in [3.05, 3.63) is 64.7 Å². The van der Waals surface area contributed by atoms with Gasteiger partial charge in [0.05, 0.1) is 11.9 Å². The summed E-state index contributed by atoms with van der Waals surface area (Å²) in [6.07, 6.45) is 2.26. The van der Waals surface area contributed by atoms with Crippen LogP contribution in [0.5, 0.6) is 0 Å². The van der Waals surface area contributed by atoms with Gasteiger partial charge in [0.25, 0.3) is 0 Å². The third-order valence-electron chi connectivity index (χ3n) is 6.00. The minimum atomic E-state index is -3.75. The van der Waals surface area contributed by atoms with Gasteiger partial charge in [0.1, 0.15) is 12.6 Å². The van der Waals surface area contributed by atoms with Crippen molar-refractivity contribution in [2.45, 2.75) is 73.0 Å². The number of rotatable bonds is 11. The first-order valence-electron chi connectivity index (χ1n) is 12.1. The second-order valence-electron chi connectivity index (χ2n) is 9.37. The Morgan fingerprint density at radius 3 is 2.09 bits per heavy atom. The molecule has 0 saturated heterocycles. The fraction of sp³-hybridized carbons (Fsp3) is 0.481. The average molecular weight is 502 g/mol. The van der Waals surface area contributed by atoms with E-state index in [1.807, 2.05) is 71.9 Å². The minimum absolute atomic E-state index is 0.0322. The molecule has 0 unspecified atom stereocenters. The van der Waals surface area contributed by atoms with E-state index >= 15 is 0 Å². The predicted octanol–water partition coefficient (Wildman–Crippen LogP) is 4.10. The molecule has 1 N–H and O–H groups in total. The molecule has 0 aromatic heterocycles. The van der Waals surface area contributed by atoms with Gasteiger partial charge in [0.15, 0.2) is 0 Å². The lowest BCUT2D eigenvalue weighted by Crippen LogP contribution is -2.53. The van der Waals surface area contributed by atoms with Crippen LogP contribution in [0.3, 0.4) is 0 Å². The zero-order chi connectivity index (χ0) is 26.3. The minimum Gasteiger partial charge on any atom is -0.352 e. The molecule has 0 saturated carbocycles. The van der Waals surface area contributed by atoms with E-state index in [1.54, 1.807) is 12.1 Å². The standard InChI is InChI=1S/C27H39N3O4S/c1-8-22(6)28-27(32)25(9-2)29(17-23-12-10-11-19(3)14-23)26(31)18-30(35(7,33)34)24-15-20(4)13-21(5)16-24/h10-16,22,25H,8-9,17-18H2,1-7H3,(H,28,32)/t22-,25+/m0/s1. The Hall–Kier alpha value is -2.87. The highest BCUT2D eigenvalue weighted by molar-refractivity contribution is 7.92. The van der Waals surface area contributed by atoms with Crippen LogP contribution in [0.4, 0.5) is 5.69 Å². The van der Waals surface area contributed by atoms with Crippen LogP contribution in [-0.2, 0) is 26.2 Å². The summed E-state index contributed by atoms with van der Waals surface area (Å²) >= 11 is 0. The van der Waals surface area contributed by atoms with Gasteiger partial charge in [-0.15, -0.1) is 0 Å². The molecule has 2 aromatic rings. The Bertz CT molecular complexity index is 1130. The molecule has 2 atom stereocenters. The Morgan fingerprint density at radius 2 is 1.57 bits per heavy atom. The lowest BCUT2D eigenvalue weighted by Gasteiger charge is -2.33. The highest BCUT2D eigenvalue weighted by Crippen LogP contribution is 2.23. The number of nitrogens with one attached hydrogen (secondary N) is 1. The van der Waals surface area contributed by atoms with Gasteiger partial charge in [-0.2, -0.15) is 0 Å². The molecule has 0 fully saturated rings. The second kappa shape index (κ2) is 12.2. The average Bonchev–Trinajstić information content (AvgIpc) is 2.75. The van der Waals surface area contributed by atoms with Crippen LogP contribution in [-0.4, -0.2) is 50.0 Å². The maximum absolute atomic E-state index is 13.7. The third kappa shape index (κ3) is 8.09. The van der Waals surface area contributed by atoms with E-state index in [4.69, 9.17) is 0 Å². The van der Waals surface area contributed by atoms with Crippen LogP contribution in [0, 0.1) is 20.8 Å². The highest BCUT2D eigenvalue weighted by atomic mass is 32.2. The van der Waals surface area contributed by atoms with E-state index in [1.165, 1.54) is 4.90 Å². The summed E-state index contributed by atoms with van der Waals surface area (Å²) in [6.45, 7) is 11.3. The van der Waals surface area contributed by atoms with Gasteiger partial charge < -0.3 is 10.2 Å². The normalized spacial score (nSPS) is 13.1. The zero-order valence-corrected chi connectivity index (χ0v) is 22.8. The summed E-state index contributed by atoms with van der Waals surface area (Å²) in [5, 5.41) is 2.98. The molecule has 2 aromatic carbocycles. The number of amides is 2. The monoisotopic (exact) mass is 501 g/mol. The van der Waals surface area contributed by atoms with Crippen molar-refractivity contribution in [2.75, 3.05) is 17.1 Å². The van der Waals surface area contributed by atoms with Gasteiger partial charge in [-0.1, -0.05) is 49.7 Å². The first-order valence-corrected chi connectivity index (χ1v) is 13.9. The molecule has 192 valence electrons. The van der Waals surface area contributed by atoms with E-state index in [9.17, 15) is 18.0 Å². The number of benzene rings is 2. The molecule has 0 radical (unpaired) electrons. The van der Waals surface area contributed by atoms with Crippen molar-refractivity contribution >= 4 is 27.5 Å². The van der Waals surface area contributed by atoms with E-state index in [0.29, 0.717) is 12.1 Å². The second-order valence-corrected chi connectivity index (χ2v) is 11.3. The van der Waals surface area contributed by atoms with Gasteiger partial charge in [0.2, 0.25) is 21.8 Å². The van der Waals surface area contributed by atoms with Crippen molar-refractivity contribution in [1.82, 2.24) is 10.2 Å². The zero-order valence-electron chi connectivity index (χ0n) is 22.0. The number of hydrogen-bond donors (Lipinski definition) is 1. The summed E-state index contributed by atoms with van der Waals surface area (Å²) in [5.41, 5.74) is 4.16. The van der Waals surface area contributed by atoms with Gasteiger partial charge in [0, 0.05) is 12.6 Å². The smallest absolute Gasteiger partial charge is 0.244 e. The Morgan fingerprint density at radius 1 is 0.943 bits per heavy atom. The van der Waals surface area contributed by atoms with Crippen LogP contribution in [0.25, 0.3) is 0 Å². The number of carbonyl (C=O) groups excluding carboxylic acids is 2. The Kier molecular flexibility index (Phi) is 9.89. The largest absolute Gasteiger partial charge is 0.352 e. The fourth-order valence-corrected chi connectivity index (χ4v) is 4.91. The molecule has 35 heavy (non-hydrogen) atoms. The van der Waals surface area contributed by atoms with Gasteiger partial charge >= 0.3 is 0 Å². The number of anilines is 1. The number of sulfonamides is 1. The van der Waals surface area contributed by atoms with Gasteiger partial charge in [-0.05, 0) is 69.4 Å². The molecule has 0 spiro atoms. The quantitative estimate of drug-likeness (QED) is 0.502. The molecule has 0 aliphatic carbocycles. The predicted molar refractivity (Wildman–Crippen MR) is 142 cm³/mol. The lowest BCUT2D eigenvalue weighted by molar-refractivity contribution is -0.140. The first kappa shape index (κ1) is 28.4. The van der Waals surface area contributed by atoms with Gasteiger partial charge in [-0.25, -0.2) is 8.42 Å². The third-order valence-corrected chi connectivity index (χ3v) is 7.14. The van der Waals surface area contributed by atoms with Crippen LogP contribution in [0.2, 0.25) is 0 Å². The summed E-state index contributed by atoms with van der Waals surface area (Å²) < 4.78 is 26.6. The molecule has 0 bridgehead atoms. The van der Waals surface area contributed by atoms with E-state index in [0.717, 1.165) is 39.2 Å². The number of hydrogen-bond acceptors (Lipinski definition) is 4. The first-order chi connectivity index (χ1) is 16.3. The van der Waals surface area contributed by atoms with Crippen LogP contribution in [0.15, 0.2) is 42.5 Å². The van der Waals surface area contributed by atoms with E-state index < -0.39 is 22.0 Å². The number of aryl methyl sites for hydroxylation is 3. The van der Waals surface area contributed by atoms with Crippen LogP contribution >= 0.6 is 0 Å². The molecule has 7 nitrogen and oxygen atoms in total. The molecule has 0 heterocycles. The van der Waals surface area contributed by atoms with Crippen molar-refractivity contribution in [1.29, 1.82) is 0 Å². The SMILES string of the molecule is CC[C@H](C(=O)N[C@@H](C)CC)N(Cc1cccc(C)c1)C(=O)CN(c1cc(C)cc(C)c1)S(C)(=O)=O. The maximum Gasteiger partial charge on any atom is 0.244 e. The maximum atomic E-state index is 13.7. The van der Waals surface area contributed by atoms with Crippen molar-refractivity contribution in [3.8, 4) is 0 Å². The Balaban J connectivity index is 2.47. The molecular formula is C27H39N3O4S.